The van der Waals surface area contributed by atoms with Crippen LogP contribution in [0.3, 0.4) is 0 Å². The average Bonchev–Trinajstić information content (AvgIpc) is 3.49. The van der Waals surface area contributed by atoms with E-state index in [1.54, 1.807) is 0 Å². The summed E-state index contributed by atoms with van der Waals surface area (Å²) in [5.41, 5.74) is 5.53. The monoisotopic (exact) mass is 992 g/mol. The fourth-order valence-electron chi connectivity index (χ4n) is 8.02. The molecule has 16 nitrogen and oxygen atoms in total. The summed E-state index contributed by atoms with van der Waals surface area (Å²) < 4.78 is 29.7. The first-order valence-corrected chi connectivity index (χ1v) is 25.8. The van der Waals surface area contributed by atoms with Crippen LogP contribution < -0.4 is 48.2 Å². The van der Waals surface area contributed by atoms with Gasteiger partial charge in [-0.25, -0.2) is 0 Å². The van der Waals surface area contributed by atoms with Gasteiger partial charge in [0.15, 0.2) is 33.7 Å². The highest BCUT2D eigenvalue weighted by atomic mass is 16.5. The molecule has 0 saturated heterocycles. The normalized spacial score (nSPS) is 14.1. The second-order valence-corrected chi connectivity index (χ2v) is 15.6. The van der Waals surface area contributed by atoms with Crippen LogP contribution in [0.4, 0.5) is 29.7 Å². The third-order valence-corrected chi connectivity index (χ3v) is 11.3. The SMILES string of the molecule is CC.CC.CC.CC.CC.Cc1nc(N2COc3ccccc3C2)nc(N2COc3ccccc3C2)n1.c1ccc2c(c1)CN(c1nc(N3COc4ccccc4C3)nc(N3COc4ccccc4C3)n1)CO2. The molecule has 386 valence electrons. The molecule has 0 N–H and O–H groups in total. The molecule has 0 bridgehead atoms. The zero-order chi connectivity index (χ0) is 52.1. The maximum Gasteiger partial charge on any atom is 0.234 e. The van der Waals surface area contributed by atoms with E-state index >= 15 is 0 Å². The first-order valence-electron chi connectivity index (χ1n) is 25.8. The van der Waals surface area contributed by atoms with Gasteiger partial charge in [-0.05, 0) is 37.3 Å². The van der Waals surface area contributed by atoms with Crippen LogP contribution in [-0.4, -0.2) is 63.6 Å². The first-order chi connectivity index (χ1) is 36.1. The van der Waals surface area contributed by atoms with E-state index in [9.17, 15) is 0 Å². The predicted molar refractivity (Wildman–Crippen MR) is 292 cm³/mol. The van der Waals surface area contributed by atoms with Gasteiger partial charge in [0.05, 0.1) is 32.7 Å². The molecule has 0 amide bonds. The quantitative estimate of drug-likeness (QED) is 0.161. The molecule has 0 unspecified atom stereocenters. The summed E-state index contributed by atoms with van der Waals surface area (Å²) in [6.45, 7) is 27.2. The number of anilines is 5. The molecule has 7 heterocycles. The maximum absolute atomic E-state index is 6.00. The molecule has 73 heavy (non-hydrogen) atoms. The van der Waals surface area contributed by atoms with E-state index in [0.717, 1.165) is 56.6 Å². The zero-order valence-electron chi connectivity index (χ0n) is 44.6. The van der Waals surface area contributed by atoms with E-state index in [-0.39, 0.29) is 0 Å². The number of aromatic nitrogens is 6. The third kappa shape index (κ3) is 13.4. The Morgan fingerprint density at radius 2 is 0.452 bits per heavy atom. The molecule has 0 radical (unpaired) electrons. The lowest BCUT2D eigenvalue weighted by atomic mass is 10.1. The summed E-state index contributed by atoms with van der Waals surface area (Å²) in [5.74, 6) is 8.10. The molecule has 12 rings (SSSR count). The highest BCUT2D eigenvalue weighted by molar-refractivity contribution is 5.52. The van der Waals surface area contributed by atoms with Crippen LogP contribution in [0.25, 0.3) is 0 Å². The molecule has 5 aliphatic heterocycles. The van der Waals surface area contributed by atoms with Gasteiger partial charge in [0, 0.05) is 27.8 Å². The van der Waals surface area contributed by atoms with Crippen LogP contribution in [-0.2, 0) is 32.7 Å². The molecular formula is C57H73N11O5. The molecular weight excluding hydrogens is 919 g/mol. The Balaban J connectivity index is 0.000000209. The second-order valence-electron chi connectivity index (χ2n) is 15.6. The van der Waals surface area contributed by atoms with Gasteiger partial charge in [0.1, 0.15) is 34.6 Å². The smallest absolute Gasteiger partial charge is 0.234 e. The first kappa shape index (κ1) is 54.5. The number of hydrogen-bond acceptors (Lipinski definition) is 16. The van der Waals surface area contributed by atoms with Gasteiger partial charge in [0.2, 0.25) is 29.7 Å². The molecule has 16 heteroatoms. The van der Waals surface area contributed by atoms with Crippen molar-refractivity contribution in [3.8, 4) is 28.7 Å². The van der Waals surface area contributed by atoms with Gasteiger partial charge in [-0.2, -0.15) is 29.9 Å². The minimum absolute atomic E-state index is 0.360. The van der Waals surface area contributed by atoms with Crippen molar-refractivity contribution in [3.05, 3.63) is 155 Å². The standard InChI is InChI=1S/C27H24N6O3.C20H19N5O2.5C2H6/c1-4-10-22-19(7-1)13-31(16-34-22)25-28-26(32-14-20-8-2-5-11-23(20)35-17-32)30-27(29-25)33-15-21-9-3-6-12-24(21)36-18-33;1-14-21-19(24-10-15-6-2-4-8-17(15)26-12-24)23-20(22-14)25-11-16-7-3-5-9-18(16)27-13-25;5*1-2/h1-12H,13-18H2;2-9H,10-13H2,1H3;5*1-2H3. The number of ether oxygens (including phenoxy) is 5. The Labute approximate surface area is 432 Å². The number of para-hydroxylation sites is 5. The lowest BCUT2D eigenvalue weighted by molar-refractivity contribution is 0.280. The van der Waals surface area contributed by atoms with Gasteiger partial charge in [-0.3, -0.25) is 0 Å². The maximum atomic E-state index is 6.00. The van der Waals surface area contributed by atoms with Crippen LogP contribution >= 0.6 is 0 Å². The third-order valence-electron chi connectivity index (χ3n) is 11.3. The zero-order valence-corrected chi connectivity index (χ0v) is 44.6. The van der Waals surface area contributed by atoms with E-state index in [1.807, 2.05) is 192 Å². The van der Waals surface area contributed by atoms with Gasteiger partial charge in [-0.1, -0.05) is 160 Å². The molecule has 2 aromatic heterocycles. The van der Waals surface area contributed by atoms with Crippen molar-refractivity contribution in [2.24, 2.45) is 0 Å². The van der Waals surface area contributed by atoms with Crippen LogP contribution in [0.15, 0.2) is 121 Å². The number of fused-ring (bicyclic) bond motifs is 5. The molecule has 0 atom stereocenters. The number of nitrogens with zero attached hydrogens (tertiary/aromatic N) is 11. The van der Waals surface area contributed by atoms with Crippen molar-refractivity contribution >= 4 is 29.7 Å². The summed E-state index contributed by atoms with van der Waals surface area (Å²) in [5, 5.41) is 0. The lowest BCUT2D eigenvalue weighted by Gasteiger charge is -2.33. The van der Waals surface area contributed by atoms with Crippen molar-refractivity contribution in [2.75, 3.05) is 58.2 Å². The van der Waals surface area contributed by atoms with Gasteiger partial charge in [-0.15, -0.1) is 0 Å². The van der Waals surface area contributed by atoms with Gasteiger partial charge in [0.25, 0.3) is 0 Å². The molecule has 5 aliphatic rings. The Hall–Kier alpha value is -7.88. The van der Waals surface area contributed by atoms with Crippen LogP contribution in [0.5, 0.6) is 28.7 Å². The molecule has 0 saturated carbocycles. The van der Waals surface area contributed by atoms with E-state index < -0.39 is 0 Å². The van der Waals surface area contributed by atoms with Crippen molar-refractivity contribution in [1.29, 1.82) is 0 Å². The minimum Gasteiger partial charge on any atom is -0.473 e. The highest BCUT2D eigenvalue weighted by Gasteiger charge is 2.29. The summed E-state index contributed by atoms with van der Waals surface area (Å²) in [4.78, 5) is 38.4. The van der Waals surface area contributed by atoms with E-state index in [1.165, 1.54) is 0 Å². The topological polar surface area (TPSA) is 140 Å². The summed E-state index contributed by atoms with van der Waals surface area (Å²) in [7, 11) is 0. The fraction of sp³-hybridized carbons (Fsp3) is 0.368. The number of benzene rings is 5. The number of hydrogen-bond donors (Lipinski definition) is 0. The minimum atomic E-state index is 0.360. The van der Waals surface area contributed by atoms with Gasteiger partial charge >= 0.3 is 0 Å². The summed E-state index contributed by atoms with van der Waals surface area (Å²) >= 11 is 0. The molecule has 5 aromatic carbocycles. The summed E-state index contributed by atoms with van der Waals surface area (Å²) in [6, 6.07) is 40.2. The van der Waals surface area contributed by atoms with Crippen molar-refractivity contribution in [1.82, 2.24) is 29.9 Å². The summed E-state index contributed by atoms with van der Waals surface area (Å²) in [6.07, 6.45) is 0. The molecule has 0 fully saturated rings. The van der Waals surface area contributed by atoms with Crippen molar-refractivity contribution in [2.45, 2.75) is 109 Å². The van der Waals surface area contributed by atoms with E-state index in [4.69, 9.17) is 43.6 Å². The number of aryl methyl sites for hydroxylation is 1. The van der Waals surface area contributed by atoms with E-state index in [2.05, 4.69) is 40.3 Å². The van der Waals surface area contributed by atoms with Crippen molar-refractivity contribution < 1.29 is 23.7 Å². The van der Waals surface area contributed by atoms with Gasteiger partial charge < -0.3 is 48.2 Å². The predicted octanol–water partition coefficient (Wildman–Crippen LogP) is 12.0. The van der Waals surface area contributed by atoms with E-state index in [0.29, 0.717) is 102 Å². The largest absolute Gasteiger partial charge is 0.473 e. The molecule has 0 spiro atoms. The Morgan fingerprint density at radius 3 is 0.658 bits per heavy atom. The Bertz CT molecular complexity index is 2540. The average molecular weight is 992 g/mol. The second kappa shape index (κ2) is 27.7. The van der Waals surface area contributed by atoms with Crippen molar-refractivity contribution in [3.63, 3.8) is 0 Å². The fourth-order valence-corrected chi connectivity index (χ4v) is 8.02. The number of rotatable bonds is 5. The van der Waals surface area contributed by atoms with Crippen LogP contribution in [0, 0.1) is 6.92 Å². The molecule has 0 aliphatic carbocycles. The molecule has 7 aromatic rings. The Morgan fingerprint density at radius 1 is 0.274 bits per heavy atom. The van der Waals surface area contributed by atoms with Crippen LogP contribution in [0.2, 0.25) is 0 Å². The lowest BCUT2D eigenvalue weighted by Crippen LogP contribution is -2.38. The Kier molecular flexibility index (Phi) is 20.6. The highest BCUT2D eigenvalue weighted by Crippen LogP contribution is 2.34. The van der Waals surface area contributed by atoms with Crippen LogP contribution in [0.1, 0.15) is 103 Å².